The Hall–Kier alpha value is -3.59. The summed E-state index contributed by atoms with van der Waals surface area (Å²) in [7, 11) is 0. The highest BCUT2D eigenvalue weighted by Crippen LogP contribution is 2.32. The number of hydrogen-bond donors (Lipinski definition) is 1. The molecule has 0 aliphatic rings. The summed E-state index contributed by atoms with van der Waals surface area (Å²) in [4.78, 5) is 11.0. The van der Waals surface area contributed by atoms with Gasteiger partial charge in [0.15, 0.2) is 0 Å². The van der Waals surface area contributed by atoms with Gasteiger partial charge < -0.3 is 9.67 Å². The van der Waals surface area contributed by atoms with Crippen molar-refractivity contribution in [1.29, 1.82) is 0 Å². The van der Waals surface area contributed by atoms with Crippen LogP contribution in [0.3, 0.4) is 0 Å². The van der Waals surface area contributed by atoms with E-state index in [1.165, 1.54) is 17.2 Å². The molecule has 0 amide bonds. The number of carboxylic acids is 1. The zero-order valence-electron chi connectivity index (χ0n) is 15.6. The van der Waals surface area contributed by atoms with E-state index in [1.54, 1.807) is 0 Å². The summed E-state index contributed by atoms with van der Waals surface area (Å²) in [6.07, 6.45) is 3.35. The topological polar surface area (TPSA) is 42.2 Å². The number of aliphatic carboxylic acids is 1. The van der Waals surface area contributed by atoms with E-state index in [9.17, 15) is 4.79 Å². The predicted octanol–water partition coefficient (Wildman–Crippen LogP) is 5.77. The third kappa shape index (κ3) is 3.47. The number of nitrogens with zero attached hydrogens (tertiary/aromatic N) is 1. The van der Waals surface area contributed by atoms with E-state index in [-0.39, 0.29) is 6.04 Å². The van der Waals surface area contributed by atoms with Crippen molar-refractivity contribution in [2.45, 2.75) is 13.0 Å². The van der Waals surface area contributed by atoms with E-state index in [0.29, 0.717) is 0 Å². The van der Waals surface area contributed by atoms with Crippen LogP contribution < -0.4 is 0 Å². The summed E-state index contributed by atoms with van der Waals surface area (Å²) in [5.41, 5.74) is 5.22. The molecule has 3 heteroatoms. The number of rotatable bonds is 5. The predicted molar refractivity (Wildman–Crippen MR) is 113 cm³/mol. The average Bonchev–Trinajstić information content (AvgIpc) is 3.12. The molecule has 28 heavy (non-hydrogen) atoms. The van der Waals surface area contributed by atoms with Gasteiger partial charge in [0.1, 0.15) is 0 Å². The number of fused-ring (bicyclic) bond motifs is 1. The Morgan fingerprint density at radius 3 is 2.07 bits per heavy atom. The molecule has 0 aliphatic carbocycles. The quantitative estimate of drug-likeness (QED) is 0.455. The number of allylic oxidation sites excluding steroid dienone is 1. The van der Waals surface area contributed by atoms with Crippen molar-refractivity contribution < 1.29 is 9.90 Å². The Balaban J connectivity index is 1.85. The van der Waals surface area contributed by atoms with Crippen molar-refractivity contribution in [3.63, 3.8) is 0 Å². The minimum Gasteiger partial charge on any atom is -0.478 e. The maximum atomic E-state index is 11.0. The molecule has 138 valence electrons. The molecule has 0 bridgehead atoms. The number of carboxylic acid groups (broad SMARTS) is 1. The van der Waals surface area contributed by atoms with E-state index < -0.39 is 5.97 Å². The highest BCUT2D eigenvalue weighted by atomic mass is 16.4. The van der Waals surface area contributed by atoms with Crippen LogP contribution in [0.5, 0.6) is 0 Å². The Kier molecular flexibility index (Phi) is 4.81. The van der Waals surface area contributed by atoms with Gasteiger partial charge >= 0.3 is 5.97 Å². The lowest BCUT2D eigenvalue weighted by Crippen LogP contribution is -2.11. The number of carbonyl (C=O) groups is 1. The normalized spacial score (nSPS) is 11.9. The van der Waals surface area contributed by atoms with E-state index in [1.807, 2.05) is 31.2 Å². The average molecular weight is 367 g/mol. The molecule has 4 rings (SSSR count). The fourth-order valence-corrected chi connectivity index (χ4v) is 3.69. The van der Waals surface area contributed by atoms with Crippen molar-refractivity contribution >= 4 is 22.4 Å². The lowest BCUT2D eigenvalue weighted by Gasteiger charge is -2.21. The molecule has 0 atom stereocenters. The SMILES string of the molecule is CC(=CC(=O)O)c1ccc2c(ccn2C(c2ccccc2)c2ccccc2)c1. The Labute approximate surface area is 164 Å². The van der Waals surface area contributed by atoms with Crippen LogP contribution in [0.4, 0.5) is 0 Å². The van der Waals surface area contributed by atoms with Crippen LogP contribution in [0.1, 0.15) is 29.7 Å². The fraction of sp³-hybridized carbons (Fsp3) is 0.0800. The van der Waals surface area contributed by atoms with Gasteiger partial charge in [-0.3, -0.25) is 0 Å². The second kappa shape index (κ2) is 7.57. The molecule has 4 aromatic rings. The molecule has 0 radical (unpaired) electrons. The summed E-state index contributed by atoms with van der Waals surface area (Å²) >= 11 is 0. The van der Waals surface area contributed by atoms with Gasteiger partial charge in [-0.25, -0.2) is 4.79 Å². The van der Waals surface area contributed by atoms with E-state index in [0.717, 1.165) is 22.0 Å². The van der Waals surface area contributed by atoms with Crippen molar-refractivity contribution in [3.8, 4) is 0 Å². The molecular weight excluding hydrogens is 346 g/mol. The first-order valence-electron chi connectivity index (χ1n) is 9.25. The summed E-state index contributed by atoms with van der Waals surface area (Å²) in [5, 5.41) is 10.1. The minimum absolute atomic E-state index is 0.0707. The Morgan fingerprint density at radius 2 is 1.50 bits per heavy atom. The summed E-state index contributed by atoms with van der Waals surface area (Å²) in [5.74, 6) is -0.927. The largest absolute Gasteiger partial charge is 0.478 e. The molecule has 3 nitrogen and oxygen atoms in total. The summed E-state index contributed by atoms with van der Waals surface area (Å²) in [6, 6.07) is 29.2. The van der Waals surface area contributed by atoms with Gasteiger partial charge in [0.25, 0.3) is 0 Å². The molecule has 0 fully saturated rings. The molecular formula is C25H21NO2. The molecule has 0 aliphatic heterocycles. The van der Waals surface area contributed by atoms with Gasteiger partial charge in [0, 0.05) is 23.2 Å². The van der Waals surface area contributed by atoms with Crippen LogP contribution in [-0.4, -0.2) is 15.6 Å². The third-order valence-corrected chi connectivity index (χ3v) is 5.02. The van der Waals surface area contributed by atoms with Gasteiger partial charge in [0.05, 0.1) is 6.04 Å². The number of benzene rings is 3. The minimum atomic E-state index is -0.927. The molecule has 1 heterocycles. The van der Waals surface area contributed by atoms with Crippen LogP contribution in [0.2, 0.25) is 0 Å². The number of hydrogen-bond acceptors (Lipinski definition) is 1. The Morgan fingerprint density at radius 1 is 0.893 bits per heavy atom. The van der Waals surface area contributed by atoms with Gasteiger partial charge in [0.2, 0.25) is 0 Å². The molecule has 0 unspecified atom stereocenters. The second-order valence-corrected chi connectivity index (χ2v) is 6.89. The first-order chi connectivity index (χ1) is 13.6. The zero-order valence-corrected chi connectivity index (χ0v) is 15.6. The molecule has 0 saturated carbocycles. The summed E-state index contributed by atoms with van der Waals surface area (Å²) < 4.78 is 2.28. The second-order valence-electron chi connectivity index (χ2n) is 6.89. The Bertz CT molecular complexity index is 1100. The van der Waals surface area contributed by atoms with Gasteiger partial charge in [-0.15, -0.1) is 0 Å². The molecule has 0 saturated heterocycles. The van der Waals surface area contributed by atoms with Gasteiger partial charge in [-0.2, -0.15) is 0 Å². The van der Waals surface area contributed by atoms with Crippen LogP contribution >= 0.6 is 0 Å². The van der Waals surface area contributed by atoms with Crippen LogP contribution in [0.15, 0.2) is 97.2 Å². The van der Waals surface area contributed by atoms with Crippen molar-refractivity contribution in [2.24, 2.45) is 0 Å². The standard InChI is InChI=1S/C25H21NO2/c1-18(16-24(27)28)21-12-13-23-22(17-21)14-15-26(23)25(19-8-4-2-5-9-19)20-10-6-3-7-11-20/h2-17,25H,1H3,(H,27,28). The van der Waals surface area contributed by atoms with E-state index in [2.05, 4.69) is 71.4 Å². The van der Waals surface area contributed by atoms with Crippen molar-refractivity contribution in [1.82, 2.24) is 4.57 Å². The molecule has 1 N–H and O–H groups in total. The lowest BCUT2D eigenvalue weighted by molar-refractivity contribution is -0.131. The highest BCUT2D eigenvalue weighted by molar-refractivity contribution is 5.92. The first-order valence-corrected chi connectivity index (χ1v) is 9.25. The molecule has 1 aromatic heterocycles. The maximum absolute atomic E-state index is 11.0. The summed E-state index contributed by atoms with van der Waals surface area (Å²) in [6.45, 7) is 1.82. The number of aromatic nitrogens is 1. The van der Waals surface area contributed by atoms with Crippen molar-refractivity contribution in [3.05, 3.63) is 114 Å². The van der Waals surface area contributed by atoms with E-state index in [4.69, 9.17) is 5.11 Å². The van der Waals surface area contributed by atoms with Crippen LogP contribution in [-0.2, 0) is 4.79 Å². The van der Waals surface area contributed by atoms with E-state index >= 15 is 0 Å². The van der Waals surface area contributed by atoms with Crippen molar-refractivity contribution in [2.75, 3.05) is 0 Å². The fourth-order valence-electron chi connectivity index (χ4n) is 3.69. The molecule has 3 aromatic carbocycles. The monoisotopic (exact) mass is 367 g/mol. The third-order valence-electron chi connectivity index (χ3n) is 5.02. The first kappa shape index (κ1) is 17.8. The van der Waals surface area contributed by atoms with Gasteiger partial charge in [-0.05, 0) is 47.4 Å². The highest BCUT2D eigenvalue weighted by Gasteiger charge is 2.17. The van der Waals surface area contributed by atoms with Gasteiger partial charge in [-0.1, -0.05) is 66.7 Å². The molecule has 0 spiro atoms. The van der Waals surface area contributed by atoms with Crippen LogP contribution in [0.25, 0.3) is 16.5 Å². The van der Waals surface area contributed by atoms with Crippen LogP contribution in [0, 0.1) is 0 Å². The zero-order chi connectivity index (χ0) is 19.5. The lowest BCUT2D eigenvalue weighted by atomic mass is 9.98. The maximum Gasteiger partial charge on any atom is 0.328 e. The smallest absolute Gasteiger partial charge is 0.328 e.